The van der Waals surface area contributed by atoms with E-state index in [9.17, 15) is 14.0 Å². The van der Waals surface area contributed by atoms with E-state index in [0.29, 0.717) is 42.6 Å². The van der Waals surface area contributed by atoms with Gasteiger partial charge in [-0.05, 0) is 49.2 Å². The van der Waals surface area contributed by atoms with Gasteiger partial charge in [-0.15, -0.1) is 0 Å². The number of piperidine rings is 1. The SMILES string of the molecule is O=C(NC1CCN(C(=O)c2cc3cc(F)ccc3[nH]2)CC1)c1ccccc1. The maximum Gasteiger partial charge on any atom is 0.270 e. The highest BCUT2D eigenvalue weighted by molar-refractivity contribution is 5.98. The highest BCUT2D eigenvalue weighted by Crippen LogP contribution is 2.20. The van der Waals surface area contributed by atoms with Gasteiger partial charge in [-0.3, -0.25) is 9.59 Å². The van der Waals surface area contributed by atoms with Gasteiger partial charge >= 0.3 is 0 Å². The number of hydrogen-bond donors (Lipinski definition) is 2. The van der Waals surface area contributed by atoms with Crippen LogP contribution >= 0.6 is 0 Å². The molecule has 3 aromatic rings. The lowest BCUT2D eigenvalue weighted by molar-refractivity contribution is 0.0693. The molecule has 5 nitrogen and oxygen atoms in total. The van der Waals surface area contributed by atoms with E-state index >= 15 is 0 Å². The Bertz CT molecular complexity index is 976. The van der Waals surface area contributed by atoms with E-state index in [-0.39, 0.29) is 23.7 Å². The third kappa shape index (κ3) is 3.69. The minimum Gasteiger partial charge on any atom is -0.351 e. The quantitative estimate of drug-likeness (QED) is 0.748. The number of rotatable bonds is 3. The normalized spacial score (nSPS) is 15.1. The van der Waals surface area contributed by atoms with Crippen molar-refractivity contribution in [3.8, 4) is 0 Å². The molecule has 4 rings (SSSR count). The van der Waals surface area contributed by atoms with Crippen molar-refractivity contribution < 1.29 is 14.0 Å². The van der Waals surface area contributed by atoms with Crippen LogP contribution in [0.1, 0.15) is 33.7 Å². The molecular formula is C21H20FN3O2. The maximum atomic E-state index is 13.3. The first kappa shape index (κ1) is 17.3. The van der Waals surface area contributed by atoms with Gasteiger partial charge in [0, 0.05) is 35.6 Å². The Hall–Kier alpha value is -3.15. The van der Waals surface area contributed by atoms with Gasteiger partial charge in [-0.25, -0.2) is 4.39 Å². The predicted octanol–water partition coefficient (Wildman–Crippen LogP) is 3.34. The molecule has 1 aromatic heterocycles. The minimum absolute atomic E-state index is 0.0542. The molecule has 0 unspecified atom stereocenters. The number of amides is 2. The monoisotopic (exact) mass is 365 g/mol. The molecule has 1 aliphatic heterocycles. The fraction of sp³-hybridized carbons (Fsp3) is 0.238. The van der Waals surface area contributed by atoms with Crippen LogP contribution in [-0.2, 0) is 0 Å². The molecule has 1 fully saturated rings. The summed E-state index contributed by atoms with van der Waals surface area (Å²) >= 11 is 0. The number of carbonyl (C=O) groups excluding carboxylic acids is 2. The van der Waals surface area contributed by atoms with Crippen molar-refractivity contribution in [3.05, 3.63) is 71.7 Å². The molecular weight excluding hydrogens is 345 g/mol. The van der Waals surface area contributed by atoms with Crippen LogP contribution in [0.25, 0.3) is 10.9 Å². The lowest BCUT2D eigenvalue weighted by atomic mass is 10.0. The van der Waals surface area contributed by atoms with Gasteiger partial charge in [0.25, 0.3) is 11.8 Å². The number of fused-ring (bicyclic) bond motifs is 1. The molecule has 27 heavy (non-hydrogen) atoms. The van der Waals surface area contributed by atoms with E-state index in [1.54, 1.807) is 29.2 Å². The second kappa shape index (κ2) is 7.23. The first-order valence-corrected chi connectivity index (χ1v) is 9.03. The smallest absolute Gasteiger partial charge is 0.270 e. The van der Waals surface area contributed by atoms with E-state index < -0.39 is 0 Å². The molecule has 138 valence electrons. The van der Waals surface area contributed by atoms with E-state index in [2.05, 4.69) is 10.3 Å². The second-order valence-corrected chi connectivity index (χ2v) is 6.82. The van der Waals surface area contributed by atoms with Crippen molar-refractivity contribution in [1.82, 2.24) is 15.2 Å². The summed E-state index contributed by atoms with van der Waals surface area (Å²) in [5, 5.41) is 3.72. The average molecular weight is 365 g/mol. The van der Waals surface area contributed by atoms with Gasteiger partial charge in [0.1, 0.15) is 11.5 Å². The van der Waals surface area contributed by atoms with E-state index in [4.69, 9.17) is 0 Å². The zero-order chi connectivity index (χ0) is 18.8. The number of benzene rings is 2. The van der Waals surface area contributed by atoms with Crippen molar-refractivity contribution >= 4 is 22.7 Å². The number of hydrogen-bond acceptors (Lipinski definition) is 2. The minimum atomic E-state index is -0.324. The van der Waals surface area contributed by atoms with Crippen molar-refractivity contribution in [3.63, 3.8) is 0 Å². The fourth-order valence-corrected chi connectivity index (χ4v) is 3.47. The first-order chi connectivity index (χ1) is 13.1. The van der Waals surface area contributed by atoms with E-state index in [1.807, 2.05) is 18.2 Å². The number of aromatic amines is 1. The number of nitrogens with zero attached hydrogens (tertiary/aromatic N) is 1. The summed E-state index contributed by atoms with van der Waals surface area (Å²) in [6.45, 7) is 1.14. The summed E-state index contributed by atoms with van der Waals surface area (Å²) in [5.41, 5.74) is 1.84. The molecule has 0 radical (unpaired) electrons. The molecule has 1 saturated heterocycles. The van der Waals surface area contributed by atoms with Crippen molar-refractivity contribution in [2.75, 3.05) is 13.1 Å². The molecule has 0 spiro atoms. The highest BCUT2D eigenvalue weighted by Gasteiger charge is 2.25. The standard InChI is InChI=1S/C21H20FN3O2/c22-16-6-7-18-15(12-16)13-19(24-18)21(27)25-10-8-17(9-11-25)23-20(26)14-4-2-1-3-5-14/h1-7,12-13,17,24H,8-11H2,(H,23,26). The van der Waals surface area contributed by atoms with Crippen LogP contribution in [0.5, 0.6) is 0 Å². The van der Waals surface area contributed by atoms with Gasteiger partial charge in [0.05, 0.1) is 0 Å². The largest absolute Gasteiger partial charge is 0.351 e. The van der Waals surface area contributed by atoms with Gasteiger partial charge in [-0.2, -0.15) is 0 Å². The Labute approximate surface area is 156 Å². The Morgan fingerprint density at radius 1 is 1.04 bits per heavy atom. The van der Waals surface area contributed by atoms with Crippen LogP contribution in [0, 0.1) is 5.82 Å². The van der Waals surface area contributed by atoms with Gasteiger partial charge in [-0.1, -0.05) is 18.2 Å². The second-order valence-electron chi connectivity index (χ2n) is 6.82. The zero-order valence-electron chi connectivity index (χ0n) is 14.7. The van der Waals surface area contributed by atoms with Crippen LogP contribution in [-0.4, -0.2) is 40.8 Å². The Morgan fingerprint density at radius 2 is 1.78 bits per heavy atom. The molecule has 0 aliphatic carbocycles. The molecule has 2 aromatic carbocycles. The maximum absolute atomic E-state index is 13.3. The van der Waals surface area contributed by atoms with Crippen LogP contribution in [0.15, 0.2) is 54.6 Å². The first-order valence-electron chi connectivity index (χ1n) is 9.03. The van der Waals surface area contributed by atoms with Crippen LogP contribution in [0.4, 0.5) is 4.39 Å². The van der Waals surface area contributed by atoms with Crippen LogP contribution in [0.3, 0.4) is 0 Å². The van der Waals surface area contributed by atoms with Crippen molar-refractivity contribution in [2.45, 2.75) is 18.9 Å². The van der Waals surface area contributed by atoms with Gasteiger partial charge < -0.3 is 15.2 Å². The number of likely N-dealkylation sites (tertiary alicyclic amines) is 1. The lowest BCUT2D eigenvalue weighted by Crippen LogP contribution is -2.46. The third-order valence-electron chi connectivity index (χ3n) is 4.97. The molecule has 1 aliphatic rings. The summed E-state index contributed by atoms with van der Waals surface area (Å²) < 4.78 is 13.3. The Balaban J connectivity index is 1.37. The summed E-state index contributed by atoms with van der Waals surface area (Å²) in [7, 11) is 0. The van der Waals surface area contributed by atoms with Crippen LogP contribution < -0.4 is 5.32 Å². The number of aromatic nitrogens is 1. The third-order valence-corrected chi connectivity index (χ3v) is 4.97. The number of carbonyl (C=O) groups is 2. The summed E-state index contributed by atoms with van der Waals surface area (Å²) in [5.74, 6) is -0.507. The molecule has 2 N–H and O–H groups in total. The van der Waals surface area contributed by atoms with Crippen LogP contribution in [0.2, 0.25) is 0 Å². The molecule has 6 heteroatoms. The molecule has 0 saturated carbocycles. The summed E-state index contributed by atoms with van der Waals surface area (Å²) in [6, 6.07) is 15.3. The predicted molar refractivity (Wildman–Crippen MR) is 101 cm³/mol. The zero-order valence-corrected chi connectivity index (χ0v) is 14.7. The lowest BCUT2D eigenvalue weighted by Gasteiger charge is -2.32. The number of H-pyrrole nitrogens is 1. The molecule has 0 bridgehead atoms. The Morgan fingerprint density at radius 3 is 2.52 bits per heavy atom. The van der Waals surface area contributed by atoms with Crippen molar-refractivity contribution in [1.29, 1.82) is 0 Å². The van der Waals surface area contributed by atoms with E-state index in [1.165, 1.54) is 12.1 Å². The van der Waals surface area contributed by atoms with Gasteiger partial charge in [0.15, 0.2) is 0 Å². The molecule has 2 heterocycles. The average Bonchev–Trinajstić information content (AvgIpc) is 3.12. The summed E-state index contributed by atoms with van der Waals surface area (Å²) in [4.78, 5) is 29.8. The highest BCUT2D eigenvalue weighted by atomic mass is 19.1. The molecule has 2 amide bonds. The topological polar surface area (TPSA) is 65.2 Å². The number of halogens is 1. The number of nitrogens with one attached hydrogen (secondary N) is 2. The van der Waals surface area contributed by atoms with Crippen molar-refractivity contribution in [2.24, 2.45) is 0 Å². The van der Waals surface area contributed by atoms with E-state index in [0.717, 1.165) is 5.52 Å². The Kier molecular flexibility index (Phi) is 4.62. The van der Waals surface area contributed by atoms with Gasteiger partial charge in [0.2, 0.25) is 0 Å². The summed E-state index contributed by atoms with van der Waals surface area (Å²) in [6.07, 6.45) is 1.42. The fourth-order valence-electron chi connectivity index (χ4n) is 3.47. The molecule has 0 atom stereocenters.